The Labute approximate surface area is 122 Å². The van der Waals surface area contributed by atoms with Crippen molar-refractivity contribution in [3.05, 3.63) is 30.3 Å². The molecule has 5 heteroatoms. The van der Waals surface area contributed by atoms with Crippen LogP contribution < -0.4 is 10.6 Å². The summed E-state index contributed by atoms with van der Waals surface area (Å²) in [5, 5.41) is 5.70. The molecule has 1 aromatic rings. The fourth-order valence-electron chi connectivity index (χ4n) is 2.38. The highest BCUT2D eigenvalue weighted by Gasteiger charge is 2.44. The molecule has 3 rings (SSSR count). The summed E-state index contributed by atoms with van der Waals surface area (Å²) in [5.41, 5.74) is 0. The summed E-state index contributed by atoms with van der Waals surface area (Å²) < 4.78 is 0.152. The molecule has 1 aliphatic heterocycles. The minimum absolute atomic E-state index is 0.0232. The molecule has 4 nitrogen and oxygen atoms in total. The molecule has 1 aliphatic carbocycles. The standard InChI is InChI=1S/C15H18N2O2S/c18-13-7-6-12(17-13)14(19)16-10-15(8-9-15)20-11-4-2-1-3-5-11/h1-5,12H,6-10H2,(H,16,19)(H,17,18)/t12-/m0/s1. The molecule has 0 aromatic heterocycles. The molecule has 0 radical (unpaired) electrons. The number of amides is 2. The molecule has 20 heavy (non-hydrogen) atoms. The molecule has 2 fully saturated rings. The second kappa shape index (κ2) is 5.48. The molecule has 106 valence electrons. The molecule has 0 unspecified atom stereocenters. The maximum Gasteiger partial charge on any atom is 0.242 e. The molecule has 1 saturated heterocycles. The van der Waals surface area contributed by atoms with Crippen molar-refractivity contribution in [2.45, 2.75) is 41.4 Å². The number of thioether (sulfide) groups is 1. The topological polar surface area (TPSA) is 58.2 Å². The van der Waals surface area contributed by atoms with Crippen LogP contribution in [0, 0.1) is 0 Å². The van der Waals surface area contributed by atoms with Crippen LogP contribution in [0.1, 0.15) is 25.7 Å². The first kappa shape index (κ1) is 13.5. The molecular weight excluding hydrogens is 272 g/mol. The lowest BCUT2D eigenvalue weighted by atomic mass is 10.2. The fourth-order valence-corrected chi connectivity index (χ4v) is 3.62. The Balaban J connectivity index is 1.50. The number of nitrogens with one attached hydrogen (secondary N) is 2. The van der Waals surface area contributed by atoms with E-state index in [0.717, 1.165) is 12.8 Å². The van der Waals surface area contributed by atoms with Gasteiger partial charge in [0.1, 0.15) is 6.04 Å². The van der Waals surface area contributed by atoms with E-state index in [2.05, 4.69) is 22.8 Å². The van der Waals surface area contributed by atoms with Crippen LogP contribution in [-0.4, -0.2) is 29.1 Å². The zero-order valence-electron chi connectivity index (χ0n) is 11.2. The zero-order chi connectivity index (χ0) is 14.0. The fraction of sp³-hybridized carbons (Fsp3) is 0.467. The van der Waals surface area contributed by atoms with E-state index in [9.17, 15) is 9.59 Å². The number of carbonyl (C=O) groups excluding carboxylic acids is 2. The molecule has 2 amide bonds. The summed E-state index contributed by atoms with van der Waals surface area (Å²) in [5.74, 6) is -0.0688. The number of rotatable bonds is 5. The van der Waals surface area contributed by atoms with Gasteiger partial charge in [-0.3, -0.25) is 9.59 Å². The SMILES string of the molecule is O=C1CC[C@@H](C(=O)NCC2(Sc3ccccc3)CC2)N1. The van der Waals surface area contributed by atoms with Gasteiger partial charge in [-0.25, -0.2) is 0 Å². The third-order valence-corrected chi connectivity index (χ3v) is 5.28. The Morgan fingerprint density at radius 3 is 2.70 bits per heavy atom. The number of carbonyl (C=O) groups is 2. The van der Waals surface area contributed by atoms with Gasteiger partial charge in [-0.05, 0) is 31.4 Å². The number of hydrogen-bond acceptors (Lipinski definition) is 3. The van der Waals surface area contributed by atoms with Gasteiger partial charge in [0.25, 0.3) is 0 Å². The van der Waals surface area contributed by atoms with Gasteiger partial charge in [-0.1, -0.05) is 18.2 Å². The lowest BCUT2D eigenvalue weighted by Crippen LogP contribution is -2.44. The Bertz CT molecular complexity index is 514. The van der Waals surface area contributed by atoms with Gasteiger partial charge in [-0.15, -0.1) is 11.8 Å². The van der Waals surface area contributed by atoms with E-state index in [0.29, 0.717) is 19.4 Å². The molecule has 2 N–H and O–H groups in total. The maximum atomic E-state index is 12.0. The van der Waals surface area contributed by atoms with Crippen molar-refractivity contribution in [3.63, 3.8) is 0 Å². The second-order valence-electron chi connectivity index (χ2n) is 5.47. The van der Waals surface area contributed by atoms with Crippen molar-refractivity contribution in [3.8, 4) is 0 Å². The summed E-state index contributed by atoms with van der Waals surface area (Å²) in [4.78, 5) is 24.3. The van der Waals surface area contributed by atoms with Crippen LogP contribution in [0.3, 0.4) is 0 Å². The van der Waals surface area contributed by atoms with E-state index in [1.165, 1.54) is 4.90 Å². The Morgan fingerprint density at radius 2 is 2.10 bits per heavy atom. The van der Waals surface area contributed by atoms with Gasteiger partial charge in [0.2, 0.25) is 11.8 Å². The minimum atomic E-state index is -0.333. The third-order valence-electron chi connectivity index (χ3n) is 3.78. The lowest BCUT2D eigenvalue weighted by Gasteiger charge is -2.17. The normalized spacial score (nSPS) is 23.2. The first-order chi connectivity index (χ1) is 9.67. The van der Waals surface area contributed by atoms with E-state index < -0.39 is 0 Å². The van der Waals surface area contributed by atoms with Gasteiger partial charge >= 0.3 is 0 Å². The molecular formula is C15H18N2O2S. The van der Waals surface area contributed by atoms with Crippen LogP contribution >= 0.6 is 11.8 Å². The first-order valence-electron chi connectivity index (χ1n) is 6.98. The zero-order valence-corrected chi connectivity index (χ0v) is 12.0. The van der Waals surface area contributed by atoms with Crippen LogP contribution in [0.15, 0.2) is 35.2 Å². The summed E-state index contributed by atoms with van der Waals surface area (Å²) in [7, 11) is 0. The average Bonchev–Trinajstić information content (AvgIpc) is 3.08. The van der Waals surface area contributed by atoms with E-state index in [1.54, 1.807) is 0 Å². The smallest absolute Gasteiger partial charge is 0.242 e. The van der Waals surface area contributed by atoms with Crippen LogP contribution in [0.5, 0.6) is 0 Å². The molecule has 2 aliphatic rings. The van der Waals surface area contributed by atoms with Gasteiger partial charge in [0, 0.05) is 22.6 Å². The van der Waals surface area contributed by atoms with Gasteiger partial charge < -0.3 is 10.6 Å². The monoisotopic (exact) mass is 290 g/mol. The van der Waals surface area contributed by atoms with Crippen LogP contribution in [-0.2, 0) is 9.59 Å². The van der Waals surface area contributed by atoms with Gasteiger partial charge in [-0.2, -0.15) is 0 Å². The summed E-state index contributed by atoms with van der Waals surface area (Å²) in [6.45, 7) is 0.678. The summed E-state index contributed by atoms with van der Waals surface area (Å²) >= 11 is 1.84. The summed E-state index contributed by atoms with van der Waals surface area (Å²) in [6, 6.07) is 9.94. The number of benzene rings is 1. The van der Waals surface area contributed by atoms with Crippen molar-refractivity contribution in [2.24, 2.45) is 0 Å². The molecule has 0 spiro atoms. The van der Waals surface area contributed by atoms with E-state index in [-0.39, 0.29) is 22.6 Å². The first-order valence-corrected chi connectivity index (χ1v) is 7.80. The van der Waals surface area contributed by atoms with Crippen molar-refractivity contribution < 1.29 is 9.59 Å². The highest BCUT2D eigenvalue weighted by Crippen LogP contribution is 2.51. The van der Waals surface area contributed by atoms with E-state index in [4.69, 9.17) is 0 Å². The van der Waals surface area contributed by atoms with Gasteiger partial charge in [0.15, 0.2) is 0 Å². The maximum absolute atomic E-state index is 12.0. The van der Waals surface area contributed by atoms with Crippen LogP contribution in [0.2, 0.25) is 0 Å². The van der Waals surface area contributed by atoms with Crippen LogP contribution in [0.25, 0.3) is 0 Å². The summed E-state index contributed by atoms with van der Waals surface area (Å²) in [6.07, 6.45) is 3.33. The Hall–Kier alpha value is -1.49. The molecule has 1 saturated carbocycles. The highest BCUT2D eigenvalue weighted by molar-refractivity contribution is 8.01. The van der Waals surface area contributed by atoms with Crippen molar-refractivity contribution in [2.75, 3.05) is 6.54 Å². The van der Waals surface area contributed by atoms with E-state index >= 15 is 0 Å². The quantitative estimate of drug-likeness (QED) is 0.868. The van der Waals surface area contributed by atoms with Crippen molar-refractivity contribution in [1.82, 2.24) is 10.6 Å². The largest absolute Gasteiger partial charge is 0.353 e. The lowest BCUT2D eigenvalue weighted by molar-refractivity contribution is -0.125. The molecule has 0 bridgehead atoms. The van der Waals surface area contributed by atoms with E-state index in [1.807, 2.05) is 30.0 Å². The molecule has 1 atom stereocenters. The highest BCUT2D eigenvalue weighted by atomic mass is 32.2. The Kier molecular flexibility index (Phi) is 3.70. The van der Waals surface area contributed by atoms with Crippen LogP contribution in [0.4, 0.5) is 0 Å². The van der Waals surface area contributed by atoms with Gasteiger partial charge in [0.05, 0.1) is 0 Å². The molecule has 1 heterocycles. The van der Waals surface area contributed by atoms with Crippen molar-refractivity contribution >= 4 is 23.6 Å². The molecule has 1 aromatic carbocycles. The predicted octanol–water partition coefficient (Wildman–Crippen LogP) is 1.71. The predicted molar refractivity (Wildman–Crippen MR) is 78.4 cm³/mol. The minimum Gasteiger partial charge on any atom is -0.353 e. The average molecular weight is 290 g/mol. The second-order valence-corrected chi connectivity index (χ2v) is 7.02. The number of hydrogen-bond donors (Lipinski definition) is 2. The third kappa shape index (κ3) is 3.15. The van der Waals surface area contributed by atoms with Crippen molar-refractivity contribution in [1.29, 1.82) is 0 Å². The Morgan fingerprint density at radius 1 is 1.35 bits per heavy atom.